The number of carboxylic acid groups (broad SMARTS) is 1. The quantitative estimate of drug-likeness (QED) is 0.643. The summed E-state index contributed by atoms with van der Waals surface area (Å²) in [6.07, 6.45) is 2.78. The molecule has 0 aromatic rings. The van der Waals surface area contributed by atoms with Gasteiger partial charge in [0.25, 0.3) is 0 Å². The highest BCUT2D eigenvalue weighted by Gasteiger charge is 2.27. The Labute approximate surface area is 77.8 Å². The van der Waals surface area contributed by atoms with Gasteiger partial charge in [0.15, 0.2) is 0 Å². The van der Waals surface area contributed by atoms with Gasteiger partial charge < -0.3 is 14.7 Å². The predicted molar refractivity (Wildman–Crippen MR) is 48.4 cm³/mol. The fraction of sp³-hybridized carbons (Fsp3) is 0.667. The summed E-state index contributed by atoms with van der Waals surface area (Å²) in [6.45, 7) is 6.10. The fourth-order valence-corrected chi connectivity index (χ4v) is 1.30. The van der Waals surface area contributed by atoms with Gasteiger partial charge in [0.05, 0.1) is 18.8 Å². The van der Waals surface area contributed by atoms with E-state index in [0.29, 0.717) is 13.2 Å². The van der Waals surface area contributed by atoms with Crippen LogP contribution in [0.2, 0.25) is 0 Å². The van der Waals surface area contributed by atoms with E-state index in [1.165, 1.54) is 0 Å². The molecule has 0 unspecified atom stereocenters. The molecule has 0 aromatic carbocycles. The Hall–Kier alpha value is -1.03. The first-order chi connectivity index (χ1) is 6.02. The topological polar surface area (TPSA) is 49.8 Å². The van der Waals surface area contributed by atoms with Gasteiger partial charge in [-0.05, 0) is 13.8 Å². The number of ether oxygens (including phenoxy) is 1. The van der Waals surface area contributed by atoms with Crippen LogP contribution in [-0.4, -0.2) is 41.3 Å². The molecular formula is C9H15NO3. The van der Waals surface area contributed by atoms with Crippen molar-refractivity contribution in [3.8, 4) is 0 Å². The minimum Gasteiger partial charge on any atom is -0.478 e. The Morgan fingerprint density at radius 1 is 1.62 bits per heavy atom. The molecule has 0 aromatic heterocycles. The molecule has 1 heterocycles. The Morgan fingerprint density at radius 2 is 2.31 bits per heavy atom. The van der Waals surface area contributed by atoms with Gasteiger partial charge in [0.1, 0.15) is 0 Å². The van der Waals surface area contributed by atoms with Gasteiger partial charge in [-0.1, -0.05) is 0 Å². The Balaban J connectivity index is 2.61. The van der Waals surface area contributed by atoms with Gasteiger partial charge in [-0.25, -0.2) is 4.79 Å². The number of carbonyl (C=O) groups is 1. The SMILES string of the molecule is CC1(C)COCCN1C=CC(=O)O. The van der Waals surface area contributed by atoms with Gasteiger partial charge in [-0.3, -0.25) is 0 Å². The van der Waals surface area contributed by atoms with Crippen LogP contribution in [0.3, 0.4) is 0 Å². The average molecular weight is 185 g/mol. The van der Waals surface area contributed by atoms with E-state index in [1.54, 1.807) is 6.20 Å². The maximum absolute atomic E-state index is 10.3. The van der Waals surface area contributed by atoms with Gasteiger partial charge in [0, 0.05) is 18.8 Å². The van der Waals surface area contributed by atoms with Crippen molar-refractivity contribution < 1.29 is 14.6 Å². The van der Waals surface area contributed by atoms with Crippen molar-refractivity contribution in [1.29, 1.82) is 0 Å². The number of morpholine rings is 1. The monoisotopic (exact) mass is 185 g/mol. The lowest BCUT2D eigenvalue weighted by Crippen LogP contribution is -2.50. The van der Waals surface area contributed by atoms with E-state index in [0.717, 1.165) is 12.6 Å². The van der Waals surface area contributed by atoms with Crippen LogP contribution in [0.1, 0.15) is 13.8 Å². The molecule has 0 amide bonds. The molecule has 4 nitrogen and oxygen atoms in total. The van der Waals surface area contributed by atoms with Crippen molar-refractivity contribution in [2.24, 2.45) is 0 Å². The molecule has 0 spiro atoms. The highest BCUT2D eigenvalue weighted by Crippen LogP contribution is 2.18. The van der Waals surface area contributed by atoms with Crippen LogP contribution in [0, 0.1) is 0 Å². The van der Waals surface area contributed by atoms with E-state index in [-0.39, 0.29) is 5.54 Å². The van der Waals surface area contributed by atoms with Crippen LogP contribution in [-0.2, 0) is 9.53 Å². The summed E-state index contributed by atoms with van der Waals surface area (Å²) in [5.74, 6) is -0.915. The van der Waals surface area contributed by atoms with Crippen LogP contribution in [0.25, 0.3) is 0 Å². The Bertz CT molecular complexity index is 223. The molecule has 0 bridgehead atoms. The first-order valence-corrected chi connectivity index (χ1v) is 4.28. The second-order valence-electron chi connectivity index (χ2n) is 3.71. The van der Waals surface area contributed by atoms with Crippen molar-refractivity contribution >= 4 is 5.97 Å². The molecule has 0 saturated carbocycles. The van der Waals surface area contributed by atoms with Crippen LogP contribution in [0.15, 0.2) is 12.3 Å². The number of carboxylic acids is 1. The maximum Gasteiger partial charge on any atom is 0.329 e. The first-order valence-electron chi connectivity index (χ1n) is 4.28. The van der Waals surface area contributed by atoms with Crippen molar-refractivity contribution in [1.82, 2.24) is 4.90 Å². The summed E-state index contributed by atoms with van der Waals surface area (Å²) in [4.78, 5) is 12.3. The van der Waals surface area contributed by atoms with E-state index >= 15 is 0 Å². The molecule has 1 rings (SSSR count). The lowest BCUT2D eigenvalue weighted by atomic mass is 10.0. The Morgan fingerprint density at radius 3 is 2.85 bits per heavy atom. The molecule has 13 heavy (non-hydrogen) atoms. The van der Waals surface area contributed by atoms with Crippen molar-refractivity contribution in [3.63, 3.8) is 0 Å². The van der Waals surface area contributed by atoms with E-state index in [4.69, 9.17) is 9.84 Å². The third-order valence-electron chi connectivity index (χ3n) is 2.11. The van der Waals surface area contributed by atoms with Crippen LogP contribution < -0.4 is 0 Å². The highest BCUT2D eigenvalue weighted by atomic mass is 16.5. The number of aliphatic carboxylic acids is 1. The normalized spacial score (nSPS) is 22.2. The molecule has 0 aliphatic carbocycles. The third-order valence-corrected chi connectivity index (χ3v) is 2.11. The largest absolute Gasteiger partial charge is 0.478 e. The van der Waals surface area contributed by atoms with Crippen molar-refractivity contribution in [2.45, 2.75) is 19.4 Å². The van der Waals surface area contributed by atoms with Crippen LogP contribution in [0.5, 0.6) is 0 Å². The molecule has 74 valence electrons. The molecule has 1 aliphatic heterocycles. The number of hydrogen-bond acceptors (Lipinski definition) is 3. The van der Waals surface area contributed by atoms with Gasteiger partial charge in [-0.2, -0.15) is 0 Å². The van der Waals surface area contributed by atoms with E-state index < -0.39 is 5.97 Å². The van der Waals surface area contributed by atoms with E-state index in [9.17, 15) is 4.79 Å². The van der Waals surface area contributed by atoms with Crippen molar-refractivity contribution in [2.75, 3.05) is 19.8 Å². The zero-order valence-corrected chi connectivity index (χ0v) is 7.99. The summed E-state index contributed by atoms with van der Waals surface area (Å²) in [7, 11) is 0. The van der Waals surface area contributed by atoms with Crippen LogP contribution in [0.4, 0.5) is 0 Å². The summed E-state index contributed by atoms with van der Waals surface area (Å²) in [5, 5.41) is 8.47. The molecule has 1 N–H and O–H groups in total. The summed E-state index contributed by atoms with van der Waals surface area (Å²) < 4.78 is 5.30. The van der Waals surface area contributed by atoms with Crippen molar-refractivity contribution in [3.05, 3.63) is 12.3 Å². The summed E-state index contributed by atoms with van der Waals surface area (Å²) in [5.41, 5.74) is -0.107. The second kappa shape index (κ2) is 3.79. The third kappa shape index (κ3) is 2.73. The lowest BCUT2D eigenvalue weighted by molar-refractivity contribution is -0.131. The number of rotatable bonds is 2. The molecule has 1 fully saturated rings. The lowest BCUT2D eigenvalue weighted by Gasteiger charge is -2.41. The van der Waals surface area contributed by atoms with Gasteiger partial charge >= 0.3 is 5.97 Å². The molecule has 1 aliphatic rings. The summed E-state index contributed by atoms with van der Waals surface area (Å²) >= 11 is 0. The molecule has 0 atom stereocenters. The second-order valence-corrected chi connectivity index (χ2v) is 3.71. The minimum atomic E-state index is -0.915. The van der Waals surface area contributed by atoms with Crippen LogP contribution >= 0.6 is 0 Å². The molecule has 0 radical (unpaired) electrons. The molecule has 1 saturated heterocycles. The van der Waals surface area contributed by atoms with Gasteiger partial charge in [0.2, 0.25) is 0 Å². The number of hydrogen-bond donors (Lipinski definition) is 1. The fourth-order valence-electron chi connectivity index (χ4n) is 1.30. The first kappa shape index (κ1) is 10.1. The standard InChI is InChI=1S/C9H15NO3/c1-9(2)7-13-6-5-10(9)4-3-8(11)12/h3-4H,5-7H2,1-2H3,(H,11,12). The smallest absolute Gasteiger partial charge is 0.329 e. The summed E-state index contributed by atoms with van der Waals surface area (Å²) in [6, 6.07) is 0. The molecular weight excluding hydrogens is 170 g/mol. The Kier molecular flexibility index (Phi) is 2.93. The van der Waals surface area contributed by atoms with Gasteiger partial charge in [-0.15, -0.1) is 0 Å². The zero-order chi connectivity index (χ0) is 9.90. The van der Waals surface area contributed by atoms with E-state index in [1.807, 2.05) is 18.7 Å². The maximum atomic E-state index is 10.3. The predicted octanol–water partition coefficient (Wildman–Crippen LogP) is 0.696. The zero-order valence-electron chi connectivity index (χ0n) is 7.99. The number of nitrogens with zero attached hydrogens (tertiary/aromatic N) is 1. The minimum absolute atomic E-state index is 0.107. The highest BCUT2D eigenvalue weighted by molar-refractivity contribution is 5.79. The van der Waals surface area contributed by atoms with E-state index in [2.05, 4.69) is 0 Å². The molecule has 4 heteroatoms. The average Bonchev–Trinajstić information content (AvgIpc) is 2.01.